The summed E-state index contributed by atoms with van der Waals surface area (Å²) >= 11 is 6.07. The molecule has 0 aliphatic carbocycles. The van der Waals surface area contributed by atoms with Crippen molar-refractivity contribution in [3.63, 3.8) is 0 Å². The average Bonchev–Trinajstić information content (AvgIpc) is 2.51. The van der Waals surface area contributed by atoms with Gasteiger partial charge in [0.05, 0.1) is 12.0 Å². The van der Waals surface area contributed by atoms with Crippen LogP contribution in [0.4, 0.5) is 4.39 Å². The summed E-state index contributed by atoms with van der Waals surface area (Å²) in [6, 6.07) is 5.76. The van der Waals surface area contributed by atoms with Gasteiger partial charge in [-0.2, -0.15) is 5.26 Å². The first-order valence-corrected chi connectivity index (χ1v) is 7.81. The van der Waals surface area contributed by atoms with Crippen molar-refractivity contribution in [2.75, 3.05) is 19.6 Å². The summed E-state index contributed by atoms with van der Waals surface area (Å²) in [4.78, 5) is 13.8. The number of piperidine rings is 1. The Labute approximate surface area is 134 Å². The van der Waals surface area contributed by atoms with Crippen molar-refractivity contribution >= 4 is 17.5 Å². The Morgan fingerprint density at radius 2 is 2.41 bits per heavy atom. The largest absolute Gasteiger partial charge is 0.356 e. The standard InChI is InChI=1S/C16H19ClFN3O/c1-2-20-16(22)11-5-4-8-21(10-11)14(9-19)15-12(17)6-3-7-13(15)18/h3,6-7,11,14H,2,4-5,8,10H2,1H3,(H,20,22)/t11-,14-/m1/s1. The Kier molecular flexibility index (Phi) is 5.76. The van der Waals surface area contributed by atoms with Gasteiger partial charge in [-0.25, -0.2) is 4.39 Å². The van der Waals surface area contributed by atoms with Gasteiger partial charge in [-0.1, -0.05) is 17.7 Å². The maximum atomic E-state index is 14.1. The van der Waals surface area contributed by atoms with Crippen LogP contribution in [0.1, 0.15) is 31.4 Å². The van der Waals surface area contributed by atoms with Gasteiger partial charge in [0.2, 0.25) is 5.91 Å². The molecule has 0 spiro atoms. The van der Waals surface area contributed by atoms with E-state index in [1.165, 1.54) is 12.1 Å². The van der Waals surface area contributed by atoms with E-state index in [4.69, 9.17) is 11.6 Å². The normalized spacial score (nSPS) is 20.2. The number of likely N-dealkylation sites (tertiary alicyclic amines) is 1. The van der Waals surface area contributed by atoms with E-state index in [0.29, 0.717) is 19.6 Å². The van der Waals surface area contributed by atoms with Crippen molar-refractivity contribution in [3.05, 3.63) is 34.6 Å². The molecule has 1 saturated heterocycles. The van der Waals surface area contributed by atoms with Crippen LogP contribution >= 0.6 is 11.6 Å². The summed E-state index contributed by atoms with van der Waals surface area (Å²) in [6.45, 7) is 3.54. The molecule has 1 N–H and O–H groups in total. The van der Waals surface area contributed by atoms with E-state index < -0.39 is 11.9 Å². The van der Waals surface area contributed by atoms with Crippen molar-refractivity contribution in [1.29, 1.82) is 5.26 Å². The van der Waals surface area contributed by atoms with Gasteiger partial charge < -0.3 is 5.32 Å². The molecule has 0 aromatic heterocycles. The summed E-state index contributed by atoms with van der Waals surface area (Å²) in [5, 5.41) is 12.5. The second-order valence-corrected chi connectivity index (χ2v) is 5.80. The second kappa shape index (κ2) is 7.57. The van der Waals surface area contributed by atoms with Crippen molar-refractivity contribution in [2.45, 2.75) is 25.8 Å². The van der Waals surface area contributed by atoms with Crippen LogP contribution in [0.3, 0.4) is 0 Å². The maximum absolute atomic E-state index is 14.1. The molecule has 1 fully saturated rings. The third kappa shape index (κ3) is 3.57. The van der Waals surface area contributed by atoms with Crippen molar-refractivity contribution in [2.24, 2.45) is 5.92 Å². The van der Waals surface area contributed by atoms with Gasteiger partial charge in [0.1, 0.15) is 11.9 Å². The lowest BCUT2D eigenvalue weighted by Gasteiger charge is -2.35. The average molecular weight is 324 g/mol. The number of nitrogens with one attached hydrogen (secondary N) is 1. The quantitative estimate of drug-likeness (QED) is 0.927. The van der Waals surface area contributed by atoms with Crippen LogP contribution in [0.25, 0.3) is 0 Å². The lowest BCUT2D eigenvalue weighted by Crippen LogP contribution is -2.44. The highest BCUT2D eigenvalue weighted by Gasteiger charge is 2.32. The molecule has 1 amide bonds. The zero-order chi connectivity index (χ0) is 16.1. The van der Waals surface area contributed by atoms with Gasteiger partial charge in [-0.05, 0) is 38.4 Å². The number of hydrogen-bond acceptors (Lipinski definition) is 3. The fraction of sp³-hybridized carbons (Fsp3) is 0.500. The number of benzene rings is 1. The van der Waals surface area contributed by atoms with Gasteiger partial charge in [0.15, 0.2) is 0 Å². The Morgan fingerprint density at radius 3 is 3.05 bits per heavy atom. The Bertz CT molecular complexity index is 567. The minimum absolute atomic E-state index is 0.0106. The number of rotatable bonds is 4. The number of halogens is 2. The maximum Gasteiger partial charge on any atom is 0.224 e. The molecule has 0 unspecified atom stereocenters. The molecule has 1 aliphatic heterocycles. The molecule has 22 heavy (non-hydrogen) atoms. The molecule has 2 atom stereocenters. The number of hydrogen-bond donors (Lipinski definition) is 1. The first-order valence-electron chi connectivity index (χ1n) is 7.43. The van der Waals surface area contributed by atoms with E-state index in [0.717, 1.165) is 12.8 Å². The Balaban J connectivity index is 2.21. The van der Waals surface area contributed by atoms with Crippen LogP contribution in [-0.4, -0.2) is 30.4 Å². The van der Waals surface area contributed by atoms with Crippen molar-refractivity contribution < 1.29 is 9.18 Å². The SMILES string of the molecule is CCNC(=O)[C@@H]1CCCN([C@H](C#N)c2c(F)cccc2Cl)C1. The smallest absolute Gasteiger partial charge is 0.224 e. The minimum Gasteiger partial charge on any atom is -0.356 e. The first-order chi connectivity index (χ1) is 10.6. The Morgan fingerprint density at radius 1 is 1.64 bits per heavy atom. The lowest BCUT2D eigenvalue weighted by molar-refractivity contribution is -0.126. The fourth-order valence-corrected chi connectivity index (χ4v) is 3.14. The lowest BCUT2D eigenvalue weighted by atomic mass is 9.94. The highest BCUT2D eigenvalue weighted by atomic mass is 35.5. The van der Waals surface area contributed by atoms with Gasteiger partial charge in [0.25, 0.3) is 0 Å². The van der Waals surface area contributed by atoms with Gasteiger partial charge in [0, 0.05) is 23.7 Å². The number of amides is 1. The van der Waals surface area contributed by atoms with Crippen LogP contribution in [0, 0.1) is 23.1 Å². The molecule has 0 saturated carbocycles. The summed E-state index contributed by atoms with van der Waals surface area (Å²) in [7, 11) is 0. The summed E-state index contributed by atoms with van der Waals surface area (Å²) in [5.41, 5.74) is 0.197. The van der Waals surface area contributed by atoms with E-state index in [-0.39, 0.29) is 22.4 Å². The van der Waals surface area contributed by atoms with Crippen molar-refractivity contribution in [3.8, 4) is 6.07 Å². The molecular weight excluding hydrogens is 305 g/mol. The van der Waals surface area contributed by atoms with Crippen LogP contribution in [0.2, 0.25) is 5.02 Å². The predicted octanol–water partition coefficient (Wildman–Crippen LogP) is 2.89. The van der Waals surface area contributed by atoms with Gasteiger partial charge >= 0.3 is 0 Å². The fourth-order valence-electron chi connectivity index (χ4n) is 2.87. The topological polar surface area (TPSA) is 56.1 Å². The highest BCUT2D eigenvalue weighted by Crippen LogP contribution is 2.32. The monoisotopic (exact) mass is 323 g/mol. The predicted molar refractivity (Wildman–Crippen MR) is 82.7 cm³/mol. The van der Waals surface area contributed by atoms with Crippen LogP contribution in [0.5, 0.6) is 0 Å². The molecular formula is C16H19ClFN3O. The molecule has 1 heterocycles. The number of carbonyl (C=O) groups is 1. The third-order valence-electron chi connectivity index (χ3n) is 3.94. The van der Waals surface area contributed by atoms with Gasteiger partial charge in [-0.3, -0.25) is 9.69 Å². The van der Waals surface area contributed by atoms with Gasteiger partial charge in [-0.15, -0.1) is 0 Å². The van der Waals surface area contributed by atoms with Crippen LogP contribution in [0.15, 0.2) is 18.2 Å². The summed E-state index contributed by atoms with van der Waals surface area (Å²) in [5.74, 6) is -0.669. The second-order valence-electron chi connectivity index (χ2n) is 5.40. The van der Waals surface area contributed by atoms with Crippen molar-refractivity contribution in [1.82, 2.24) is 10.2 Å². The molecule has 6 heteroatoms. The highest BCUT2D eigenvalue weighted by molar-refractivity contribution is 6.31. The van der Waals surface area contributed by atoms with E-state index in [2.05, 4.69) is 11.4 Å². The molecule has 1 aliphatic rings. The molecule has 4 nitrogen and oxygen atoms in total. The number of nitrogens with zero attached hydrogens (tertiary/aromatic N) is 2. The zero-order valence-electron chi connectivity index (χ0n) is 12.5. The van der Waals surface area contributed by atoms with E-state index in [1.807, 2.05) is 11.8 Å². The van der Waals surface area contributed by atoms with E-state index >= 15 is 0 Å². The van der Waals surface area contributed by atoms with E-state index in [9.17, 15) is 14.4 Å². The third-order valence-corrected chi connectivity index (χ3v) is 4.26. The molecule has 118 valence electrons. The molecule has 1 aromatic rings. The number of nitriles is 1. The molecule has 0 radical (unpaired) electrons. The van der Waals surface area contributed by atoms with E-state index in [1.54, 1.807) is 6.07 Å². The first kappa shape index (κ1) is 16.7. The van der Waals surface area contributed by atoms with Crippen LogP contribution in [-0.2, 0) is 4.79 Å². The number of carbonyl (C=O) groups excluding carboxylic acids is 1. The summed E-state index contributed by atoms with van der Waals surface area (Å²) < 4.78 is 14.1. The Hall–Kier alpha value is -1.64. The minimum atomic E-state index is -0.772. The summed E-state index contributed by atoms with van der Waals surface area (Å²) in [6.07, 6.45) is 1.58. The molecule has 0 bridgehead atoms. The molecule has 1 aromatic carbocycles. The van der Waals surface area contributed by atoms with Crippen LogP contribution < -0.4 is 5.32 Å². The zero-order valence-corrected chi connectivity index (χ0v) is 13.2. The molecule has 2 rings (SSSR count).